The van der Waals surface area contributed by atoms with Crippen LogP contribution in [0.3, 0.4) is 0 Å². The number of carbonyl (C=O) groups is 1. The molecule has 1 heterocycles. The molecule has 6 nitrogen and oxygen atoms in total. The van der Waals surface area contributed by atoms with E-state index in [0.29, 0.717) is 27.8 Å². The second-order valence-electron chi connectivity index (χ2n) is 6.34. The van der Waals surface area contributed by atoms with Gasteiger partial charge in [-0.3, -0.25) is 4.79 Å². The molecule has 130 valence electrons. The molecular weight excluding hydrogens is 322 g/mol. The first-order valence-electron chi connectivity index (χ1n) is 7.78. The van der Waals surface area contributed by atoms with Gasteiger partial charge in [-0.1, -0.05) is 12.1 Å². The molecule has 0 amide bonds. The zero-order valence-corrected chi connectivity index (χ0v) is 14.5. The number of para-hydroxylation sites is 1. The Morgan fingerprint density at radius 1 is 1.16 bits per heavy atom. The number of benzene rings is 2. The maximum atomic E-state index is 12.9. The summed E-state index contributed by atoms with van der Waals surface area (Å²) in [5.41, 5.74) is -0.158. The summed E-state index contributed by atoms with van der Waals surface area (Å²) in [6.45, 7) is 2.93. The fourth-order valence-electron chi connectivity index (χ4n) is 2.85. The summed E-state index contributed by atoms with van der Waals surface area (Å²) < 4.78 is 12.9. The third-order valence-electron chi connectivity index (χ3n) is 4.26. The monoisotopic (exact) mass is 341 g/mol. The van der Waals surface area contributed by atoms with Crippen LogP contribution in [0.15, 0.2) is 41.2 Å². The first-order chi connectivity index (χ1) is 11.8. The quantitative estimate of drug-likeness (QED) is 0.738. The topological polar surface area (TPSA) is 77.8 Å². The lowest BCUT2D eigenvalue weighted by Crippen LogP contribution is -2.37. The van der Waals surface area contributed by atoms with Gasteiger partial charge in [-0.15, -0.1) is 0 Å². The number of aliphatic carboxylic acids is 1. The average Bonchev–Trinajstić information content (AvgIpc) is 2.58. The Balaban J connectivity index is 2.36. The lowest BCUT2D eigenvalue weighted by molar-refractivity contribution is -0.152. The average molecular weight is 341 g/mol. The Labute approximate surface area is 144 Å². The lowest BCUT2D eigenvalue weighted by atomic mass is 10.1. The third kappa shape index (κ3) is 2.69. The number of aryl methyl sites for hydroxylation is 1. The number of nitrogens with zero attached hydrogens (tertiary/aromatic N) is 1. The molecule has 2 aromatic carbocycles. The Morgan fingerprint density at radius 3 is 2.48 bits per heavy atom. The van der Waals surface area contributed by atoms with E-state index in [1.54, 1.807) is 18.2 Å². The third-order valence-corrected chi connectivity index (χ3v) is 4.26. The number of ether oxygens (including phenoxy) is 2. The second-order valence-corrected chi connectivity index (χ2v) is 6.34. The number of aromatic nitrogens is 1. The van der Waals surface area contributed by atoms with Gasteiger partial charge in [-0.2, -0.15) is 0 Å². The fraction of sp³-hybridized carbons (Fsp3) is 0.263. The van der Waals surface area contributed by atoms with Crippen LogP contribution in [0.1, 0.15) is 13.8 Å². The molecule has 0 bridgehead atoms. The van der Waals surface area contributed by atoms with Gasteiger partial charge in [-0.25, -0.2) is 4.79 Å². The number of rotatable bonds is 4. The number of fused-ring (bicyclic) bond motifs is 2. The zero-order chi connectivity index (χ0) is 18.4. The number of hydrogen-bond acceptors (Lipinski definition) is 4. The molecule has 0 fully saturated rings. The van der Waals surface area contributed by atoms with Gasteiger partial charge in [0, 0.05) is 24.6 Å². The number of pyridine rings is 1. The molecule has 1 aromatic heterocycles. The van der Waals surface area contributed by atoms with E-state index in [2.05, 4.69) is 0 Å². The number of carboxylic acids is 1. The smallest absolute Gasteiger partial charge is 0.347 e. The summed E-state index contributed by atoms with van der Waals surface area (Å²) in [4.78, 5) is 24.2. The van der Waals surface area contributed by atoms with Gasteiger partial charge in [0.15, 0.2) is 5.60 Å². The minimum atomic E-state index is -1.41. The molecule has 0 unspecified atom stereocenters. The number of methoxy groups -OCH3 is 1. The predicted molar refractivity (Wildman–Crippen MR) is 95.6 cm³/mol. The van der Waals surface area contributed by atoms with Crippen molar-refractivity contribution >= 4 is 27.8 Å². The number of hydrogen-bond donors (Lipinski definition) is 1. The maximum absolute atomic E-state index is 12.9. The first kappa shape index (κ1) is 16.8. The summed E-state index contributed by atoms with van der Waals surface area (Å²) >= 11 is 0. The molecule has 0 atom stereocenters. The predicted octanol–water partition coefficient (Wildman–Crippen LogP) is 2.94. The van der Waals surface area contributed by atoms with Crippen molar-refractivity contribution < 1.29 is 19.4 Å². The Bertz CT molecular complexity index is 1050. The molecular formula is C19H19NO5. The number of carboxylic acid groups (broad SMARTS) is 1. The zero-order valence-electron chi connectivity index (χ0n) is 14.5. The molecule has 3 rings (SSSR count). The van der Waals surface area contributed by atoms with E-state index < -0.39 is 11.6 Å². The van der Waals surface area contributed by atoms with E-state index in [-0.39, 0.29) is 5.43 Å². The van der Waals surface area contributed by atoms with Crippen LogP contribution in [0.5, 0.6) is 11.5 Å². The van der Waals surface area contributed by atoms with Crippen LogP contribution in [0.4, 0.5) is 0 Å². The van der Waals surface area contributed by atoms with Gasteiger partial charge in [-0.05, 0) is 26.0 Å². The molecule has 0 saturated carbocycles. The Hall–Kier alpha value is -3.02. The molecule has 3 aromatic rings. The molecule has 0 aliphatic heterocycles. The van der Waals surface area contributed by atoms with E-state index >= 15 is 0 Å². The largest absolute Gasteiger partial charge is 0.496 e. The van der Waals surface area contributed by atoms with Crippen molar-refractivity contribution in [3.63, 3.8) is 0 Å². The Morgan fingerprint density at radius 2 is 1.84 bits per heavy atom. The summed E-state index contributed by atoms with van der Waals surface area (Å²) in [5.74, 6) is -0.416. The van der Waals surface area contributed by atoms with Crippen LogP contribution in [0.25, 0.3) is 21.8 Å². The van der Waals surface area contributed by atoms with E-state index in [0.717, 1.165) is 5.52 Å². The van der Waals surface area contributed by atoms with Crippen molar-refractivity contribution in [3.8, 4) is 11.5 Å². The van der Waals surface area contributed by atoms with E-state index in [4.69, 9.17) is 9.47 Å². The summed E-state index contributed by atoms with van der Waals surface area (Å²) in [5, 5.41) is 10.3. The van der Waals surface area contributed by atoms with Gasteiger partial charge in [0.05, 0.1) is 23.5 Å². The van der Waals surface area contributed by atoms with E-state index in [1.807, 2.05) is 29.8 Å². The molecule has 0 aliphatic rings. The molecule has 0 saturated heterocycles. The second kappa shape index (κ2) is 5.81. The van der Waals surface area contributed by atoms with Crippen molar-refractivity contribution in [1.82, 2.24) is 4.57 Å². The molecule has 0 aliphatic carbocycles. The standard InChI is InChI=1S/C19H19NO5/c1-19(2,18(22)23)25-11-9-14-16(15(10-11)24-4)17(21)12-7-5-6-8-13(12)20(14)3/h5-10H,1-4H3,(H,22,23). The van der Waals surface area contributed by atoms with Gasteiger partial charge >= 0.3 is 5.97 Å². The Kier molecular flexibility index (Phi) is 3.91. The van der Waals surface area contributed by atoms with Crippen LogP contribution in [-0.4, -0.2) is 28.4 Å². The first-order valence-corrected chi connectivity index (χ1v) is 7.78. The van der Waals surface area contributed by atoms with Crippen molar-refractivity contribution in [1.29, 1.82) is 0 Å². The maximum Gasteiger partial charge on any atom is 0.347 e. The van der Waals surface area contributed by atoms with Crippen molar-refractivity contribution in [2.45, 2.75) is 19.4 Å². The van der Waals surface area contributed by atoms with Gasteiger partial charge < -0.3 is 19.1 Å². The highest BCUT2D eigenvalue weighted by atomic mass is 16.5. The van der Waals surface area contributed by atoms with Crippen molar-refractivity contribution in [3.05, 3.63) is 46.6 Å². The van der Waals surface area contributed by atoms with Crippen LogP contribution >= 0.6 is 0 Å². The minimum absolute atomic E-state index is 0.135. The summed E-state index contributed by atoms with van der Waals surface area (Å²) in [6.07, 6.45) is 0. The molecule has 25 heavy (non-hydrogen) atoms. The van der Waals surface area contributed by atoms with Gasteiger partial charge in [0.2, 0.25) is 5.43 Å². The highest BCUT2D eigenvalue weighted by Crippen LogP contribution is 2.32. The minimum Gasteiger partial charge on any atom is -0.496 e. The molecule has 6 heteroatoms. The van der Waals surface area contributed by atoms with Crippen LogP contribution in [0, 0.1) is 0 Å². The van der Waals surface area contributed by atoms with Crippen LogP contribution in [0.2, 0.25) is 0 Å². The van der Waals surface area contributed by atoms with Gasteiger partial charge in [0.25, 0.3) is 0 Å². The summed E-state index contributed by atoms with van der Waals surface area (Å²) in [7, 11) is 3.31. The fourth-order valence-corrected chi connectivity index (χ4v) is 2.85. The van der Waals surface area contributed by atoms with E-state index in [9.17, 15) is 14.7 Å². The molecule has 1 N–H and O–H groups in total. The van der Waals surface area contributed by atoms with Crippen LogP contribution in [-0.2, 0) is 11.8 Å². The highest BCUT2D eigenvalue weighted by molar-refractivity contribution is 5.97. The highest BCUT2D eigenvalue weighted by Gasteiger charge is 2.30. The van der Waals surface area contributed by atoms with Crippen molar-refractivity contribution in [2.75, 3.05) is 7.11 Å². The normalized spacial score (nSPS) is 11.7. The van der Waals surface area contributed by atoms with E-state index in [1.165, 1.54) is 21.0 Å². The molecule has 0 spiro atoms. The van der Waals surface area contributed by atoms with Gasteiger partial charge in [0.1, 0.15) is 11.5 Å². The lowest BCUT2D eigenvalue weighted by Gasteiger charge is -2.23. The summed E-state index contributed by atoms with van der Waals surface area (Å²) in [6, 6.07) is 10.5. The SMILES string of the molecule is COc1cc(OC(C)(C)C(=O)O)cc2c1c(=O)c1ccccc1n2C. The van der Waals surface area contributed by atoms with Crippen LogP contribution < -0.4 is 14.9 Å². The molecule has 0 radical (unpaired) electrons. The van der Waals surface area contributed by atoms with Crippen molar-refractivity contribution in [2.24, 2.45) is 7.05 Å².